The minimum Gasteiger partial charge on any atom is -0.365 e. The number of aromatic nitrogens is 4. The summed E-state index contributed by atoms with van der Waals surface area (Å²) in [5, 5.41) is 10.8. The highest BCUT2D eigenvalue weighted by Gasteiger charge is 2.08. The summed E-state index contributed by atoms with van der Waals surface area (Å²) in [6, 6.07) is 8.06. The van der Waals surface area contributed by atoms with Gasteiger partial charge in [-0.2, -0.15) is 15.1 Å². The number of anilines is 2. The van der Waals surface area contributed by atoms with Crippen molar-refractivity contribution in [1.82, 2.24) is 20.2 Å². The molecule has 0 bridgehead atoms. The molecule has 0 spiro atoms. The van der Waals surface area contributed by atoms with Gasteiger partial charge in [0.15, 0.2) is 5.65 Å². The van der Waals surface area contributed by atoms with E-state index in [0.29, 0.717) is 24.0 Å². The van der Waals surface area contributed by atoms with Gasteiger partial charge in [0.1, 0.15) is 5.82 Å². The van der Waals surface area contributed by atoms with Crippen LogP contribution in [0.3, 0.4) is 0 Å². The summed E-state index contributed by atoms with van der Waals surface area (Å²) in [5.41, 5.74) is 4.21. The van der Waals surface area contributed by atoms with E-state index < -0.39 is 0 Å². The Hall–Kier alpha value is -2.19. The molecule has 0 fully saturated rings. The zero-order valence-electron chi connectivity index (χ0n) is 10.4. The average molecular weight is 334 g/mol. The topological polar surface area (TPSA) is 105 Å². The van der Waals surface area contributed by atoms with Crippen LogP contribution in [0.15, 0.2) is 34.9 Å². The van der Waals surface area contributed by atoms with E-state index in [1.165, 1.54) is 0 Å². The third kappa shape index (κ3) is 2.56. The second kappa shape index (κ2) is 5.43. The number of nitrogens with zero attached hydrogens (tertiary/aromatic N) is 3. The Morgan fingerprint density at radius 1 is 1.20 bits per heavy atom. The molecule has 0 aliphatic carbocycles. The van der Waals surface area contributed by atoms with Crippen LogP contribution in [0.25, 0.3) is 11.0 Å². The van der Waals surface area contributed by atoms with E-state index in [4.69, 9.17) is 5.84 Å². The molecule has 0 atom stereocenters. The molecule has 3 rings (SSSR count). The lowest BCUT2D eigenvalue weighted by molar-refractivity contribution is 1.07. The highest BCUT2D eigenvalue weighted by Crippen LogP contribution is 2.20. The third-order valence-electron chi connectivity index (χ3n) is 2.81. The number of nitrogens with one attached hydrogen (secondary N) is 3. The quantitative estimate of drug-likeness (QED) is 0.430. The molecule has 2 heterocycles. The van der Waals surface area contributed by atoms with Crippen molar-refractivity contribution in [1.29, 1.82) is 0 Å². The molecule has 20 heavy (non-hydrogen) atoms. The molecular formula is C12H12BrN7. The van der Waals surface area contributed by atoms with Crippen molar-refractivity contribution in [3.8, 4) is 0 Å². The lowest BCUT2D eigenvalue weighted by Gasteiger charge is -2.08. The van der Waals surface area contributed by atoms with Gasteiger partial charge in [-0.05, 0) is 17.7 Å². The van der Waals surface area contributed by atoms with Crippen molar-refractivity contribution >= 4 is 38.7 Å². The second-order valence-electron chi connectivity index (χ2n) is 4.15. The smallest absolute Gasteiger partial charge is 0.241 e. The SMILES string of the molecule is NNc1nc(NCc2ccc(Br)cc2)c2cn[nH]c2n1. The van der Waals surface area contributed by atoms with Gasteiger partial charge in [0.25, 0.3) is 0 Å². The standard InChI is InChI=1S/C12H12BrN7/c13-8-3-1-7(2-4-8)5-15-10-9-6-16-20-11(9)18-12(17-10)19-14/h1-4,6H,5,14H2,(H3,15,16,17,18,19,20). The molecule has 0 saturated heterocycles. The molecule has 0 amide bonds. The van der Waals surface area contributed by atoms with Crippen LogP contribution in [-0.2, 0) is 6.54 Å². The van der Waals surface area contributed by atoms with Gasteiger partial charge in [-0.1, -0.05) is 28.1 Å². The number of hydrogen-bond donors (Lipinski definition) is 4. The summed E-state index contributed by atoms with van der Waals surface area (Å²) >= 11 is 3.41. The van der Waals surface area contributed by atoms with Crippen LogP contribution in [0, 0.1) is 0 Å². The van der Waals surface area contributed by atoms with Gasteiger partial charge in [0, 0.05) is 11.0 Å². The number of fused-ring (bicyclic) bond motifs is 1. The Kier molecular flexibility index (Phi) is 3.48. The van der Waals surface area contributed by atoms with E-state index in [9.17, 15) is 0 Å². The number of nitrogen functional groups attached to an aromatic ring is 1. The second-order valence-corrected chi connectivity index (χ2v) is 5.07. The van der Waals surface area contributed by atoms with Gasteiger partial charge >= 0.3 is 0 Å². The highest BCUT2D eigenvalue weighted by molar-refractivity contribution is 9.10. The summed E-state index contributed by atoms with van der Waals surface area (Å²) in [6.45, 7) is 0.647. The van der Waals surface area contributed by atoms with Crippen LogP contribution >= 0.6 is 15.9 Å². The number of hydrogen-bond acceptors (Lipinski definition) is 6. The predicted molar refractivity (Wildman–Crippen MR) is 81.0 cm³/mol. The molecule has 0 aliphatic heterocycles. The molecule has 1 aromatic carbocycles. The minimum absolute atomic E-state index is 0.333. The van der Waals surface area contributed by atoms with Crippen molar-refractivity contribution < 1.29 is 0 Å². The van der Waals surface area contributed by atoms with Crippen molar-refractivity contribution in [2.75, 3.05) is 10.7 Å². The Morgan fingerprint density at radius 2 is 2.00 bits per heavy atom. The largest absolute Gasteiger partial charge is 0.365 e. The molecule has 102 valence electrons. The van der Waals surface area contributed by atoms with Crippen LogP contribution in [0.5, 0.6) is 0 Å². The molecule has 0 aliphatic rings. The first kappa shape index (κ1) is 12.8. The molecule has 2 aromatic heterocycles. The Labute approximate surface area is 123 Å². The normalized spacial score (nSPS) is 10.7. The fraction of sp³-hybridized carbons (Fsp3) is 0.0833. The van der Waals surface area contributed by atoms with Crippen molar-refractivity contribution in [3.05, 3.63) is 40.5 Å². The third-order valence-corrected chi connectivity index (χ3v) is 3.34. The maximum atomic E-state index is 5.36. The summed E-state index contributed by atoms with van der Waals surface area (Å²) in [5.74, 6) is 6.37. The fourth-order valence-electron chi connectivity index (χ4n) is 1.82. The zero-order chi connectivity index (χ0) is 13.9. The van der Waals surface area contributed by atoms with E-state index >= 15 is 0 Å². The summed E-state index contributed by atoms with van der Waals surface area (Å²) in [6.07, 6.45) is 1.68. The van der Waals surface area contributed by atoms with Gasteiger partial charge in [-0.3, -0.25) is 10.5 Å². The number of rotatable bonds is 4. The molecule has 0 radical (unpaired) electrons. The van der Waals surface area contributed by atoms with E-state index in [1.807, 2.05) is 24.3 Å². The Bertz CT molecular complexity index is 722. The van der Waals surface area contributed by atoms with Gasteiger partial charge in [-0.15, -0.1) is 0 Å². The first-order valence-corrected chi connectivity index (χ1v) is 6.71. The predicted octanol–water partition coefficient (Wildman–Crippen LogP) is 2.01. The molecule has 0 unspecified atom stereocenters. The lowest BCUT2D eigenvalue weighted by atomic mass is 10.2. The monoisotopic (exact) mass is 333 g/mol. The van der Waals surface area contributed by atoms with E-state index in [2.05, 4.69) is 46.8 Å². The number of halogens is 1. The molecule has 8 heteroatoms. The van der Waals surface area contributed by atoms with E-state index in [0.717, 1.165) is 15.4 Å². The number of nitrogens with two attached hydrogens (primary N) is 1. The molecule has 0 saturated carbocycles. The van der Waals surface area contributed by atoms with Crippen molar-refractivity contribution in [2.45, 2.75) is 6.54 Å². The maximum absolute atomic E-state index is 5.36. The van der Waals surface area contributed by atoms with Crippen molar-refractivity contribution in [3.63, 3.8) is 0 Å². The summed E-state index contributed by atoms with van der Waals surface area (Å²) in [4.78, 5) is 8.47. The van der Waals surface area contributed by atoms with Gasteiger partial charge in [0.2, 0.25) is 5.95 Å². The van der Waals surface area contributed by atoms with Crippen molar-refractivity contribution in [2.24, 2.45) is 5.84 Å². The van der Waals surface area contributed by atoms with Gasteiger partial charge in [-0.25, -0.2) is 5.84 Å². The first-order valence-electron chi connectivity index (χ1n) is 5.92. The van der Waals surface area contributed by atoms with Gasteiger partial charge < -0.3 is 5.32 Å². The Balaban J connectivity index is 1.86. The van der Waals surface area contributed by atoms with E-state index in [-0.39, 0.29) is 0 Å². The molecule has 5 N–H and O–H groups in total. The van der Waals surface area contributed by atoms with Crippen LogP contribution < -0.4 is 16.6 Å². The van der Waals surface area contributed by atoms with Crippen LogP contribution in [-0.4, -0.2) is 20.2 Å². The fourth-order valence-corrected chi connectivity index (χ4v) is 2.09. The zero-order valence-corrected chi connectivity index (χ0v) is 12.0. The number of hydrazine groups is 1. The average Bonchev–Trinajstić information content (AvgIpc) is 2.94. The molecular weight excluding hydrogens is 322 g/mol. The number of aromatic amines is 1. The summed E-state index contributed by atoms with van der Waals surface area (Å²) in [7, 11) is 0. The van der Waals surface area contributed by atoms with Crippen LogP contribution in [0.1, 0.15) is 5.56 Å². The van der Waals surface area contributed by atoms with Gasteiger partial charge in [0.05, 0.1) is 11.6 Å². The number of H-pyrrole nitrogens is 1. The lowest BCUT2D eigenvalue weighted by Crippen LogP contribution is -2.12. The summed E-state index contributed by atoms with van der Waals surface area (Å²) < 4.78 is 1.05. The number of benzene rings is 1. The van der Waals surface area contributed by atoms with Crippen LogP contribution in [0.4, 0.5) is 11.8 Å². The Morgan fingerprint density at radius 3 is 2.75 bits per heavy atom. The van der Waals surface area contributed by atoms with Crippen LogP contribution in [0.2, 0.25) is 0 Å². The van der Waals surface area contributed by atoms with E-state index in [1.54, 1.807) is 6.20 Å². The first-order chi connectivity index (χ1) is 9.76. The molecule has 3 aromatic rings. The highest BCUT2D eigenvalue weighted by atomic mass is 79.9. The maximum Gasteiger partial charge on any atom is 0.241 e. The molecule has 7 nitrogen and oxygen atoms in total. The minimum atomic E-state index is 0.333.